The number of halogens is 1. The Morgan fingerprint density at radius 2 is 2.24 bits per heavy atom. The number of benzene rings is 1. The van der Waals surface area contributed by atoms with Gasteiger partial charge in [0.1, 0.15) is 6.04 Å². The normalized spacial score (nSPS) is 18.4. The first-order valence-corrected chi connectivity index (χ1v) is 7.89. The number of aryl methyl sites for hydroxylation is 1. The molecule has 0 bridgehead atoms. The molecule has 0 aromatic heterocycles. The number of hydrogen-bond donors (Lipinski definition) is 2. The topological polar surface area (TPSA) is 61.4 Å². The fourth-order valence-corrected chi connectivity index (χ4v) is 2.74. The maximum atomic E-state index is 12.7. The summed E-state index contributed by atoms with van der Waals surface area (Å²) >= 11 is 3.44. The molecule has 2 N–H and O–H groups in total. The first kappa shape index (κ1) is 16.0. The number of amides is 2. The Labute approximate surface area is 133 Å². The van der Waals surface area contributed by atoms with Gasteiger partial charge in [-0.05, 0) is 31.5 Å². The molecule has 1 unspecified atom stereocenters. The Balaban J connectivity index is 2.21. The maximum absolute atomic E-state index is 12.7. The van der Waals surface area contributed by atoms with Crippen LogP contribution in [0.5, 0.6) is 0 Å². The molecule has 21 heavy (non-hydrogen) atoms. The minimum atomic E-state index is -0.453. The molecule has 1 heterocycles. The molecule has 2 rings (SSSR count). The van der Waals surface area contributed by atoms with Crippen molar-refractivity contribution in [1.29, 1.82) is 0 Å². The van der Waals surface area contributed by atoms with Crippen LogP contribution in [0, 0.1) is 6.92 Å². The van der Waals surface area contributed by atoms with Crippen LogP contribution in [0.15, 0.2) is 22.7 Å². The summed E-state index contributed by atoms with van der Waals surface area (Å²) in [4.78, 5) is 26.4. The van der Waals surface area contributed by atoms with Crippen molar-refractivity contribution in [1.82, 2.24) is 15.5 Å². The number of nitrogens with zero attached hydrogens (tertiary/aromatic N) is 1. The molecule has 1 aromatic rings. The molecular weight excluding hydrogens is 334 g/mol. The van der Waals surface area contributed by atoms with Crippen molar-refractivity contribution < 1.29 is 9.59 Å². The van der Waals surface area contributed by atoms with Gasteiger partial charge >= 0.3 is 0 Å². The fraction of sp³-hybridized carbons (Fsp3) is 0.467. The van der Waals surface area contributed by atoms with E-state index in [1.165, 1.54) is 0 Å². The molecule has 1 aromatic carbocycles. The summed E-state index contributed by atoms with van der Waals surface area (Å²) in [7, 11) is 0. The van der Waals surface area contributed by atoms with Gasteiger partial charge in [-0.1, -0.05) is 22.0 Å². The van der Waals surface area contributed by atoms with E-state index in [4.69, 9.17) is 0 Å². The summed E-state index contributed by atoms with van der Waals surface area (Å²) in [6.07, 6.45) is 0. The monoisotopic (exact) mass is 353 g/mol. The number of carbonyl (C=O) groups is 2. The van der Waals surface area contributed by atoms with Crippen molar-refractivity contribution in [2.75, 3.05) is 26.2 Å². The lowest BCUT2D eigenvalue weighted by atomic mass is 10.1. The Kier molecular flexibility index (Phi) is 5.36. The summed E-state index contributed by atoms with van der Waals surface area (Å²) in [5, 5.41) is 5.96. The fourth-order valence-electron chi connectivity index (χ4n) is 2.37. The van der Waals surface area contributed by atoms with E-state index < -0.39 is 6.04 Å². The van der Waals surface area contributed by atoms with Gasteiger partial charge in [-0.25, -0.2) is 0 Å². The molecule has 1 aliphatic rings. The molecule has 114 valence electrons. The van der Waals surface area contributed by atoms with Gasteiger partial charge in [0.15, 0.2) is 0 Å². The largest absolute Gasteiger partial charge is 0.355 e. The van der Waals surface area contributed by atoms with Crippen molar-refractivity contribution in [3.05, 3.63) is 33.8 Å². The Bertz CT molecular complexity index is 548. The third-order valence-corrected chi connectivity index (χ3v) is 4.43. The highest BCUT2D eigenvalue weighted by Crippen LogP contribution is 2.19. The van der Waals surface area contributed by atoms with Crippen molar-refractivity contribution in [3.63, 3.8) is 0 Å². The average Bonchev–Trinajstić information content (AvgIpc) is 2.49. The number of hydrogen-bond acceptors (Lipinski definition) is 3. The van der Waals surface area contributed by atoms with Crippen molar-refractivity contribution in [2.24, 2.45) is 0 Å². The molecule has 0 aliphatic carbocycles. The second-order valence-corrected chi connectivity index (χ2v) is 5.93. The van der Waals surface area contributed by atoms with E-state index in [1.54, 1.807) is 11.0 Å². The average molecular weight is 354 g/mol. The Morgan fingerprint density at radius 1 is 1.48 bits per heavy atom. The molecule has 5 nitrogen and oxygen atoms in total. The van der Waals surface area contributed by atoms with E-state index in [1.807, 2.05) is 26.0 Å². The van der Waals surface area contributed by atoms with E-state index >= 15 is 0 Å². The van der Waals surface area contributed by atoms with Crippen LogP contribution >= 0.6 is 15.9 Å². The molecule has 1 fully saturated rings. The molecule has 1 atom stereocenters. The SMILES string of the molecule is CCNC(=O)C1CNCCN1C(=O)c1ccc(C)c(Br)c1. The molecule has 0 radical (unpaired) electrons. The van der Waals surface area contributed by atoms with Crippen molar-refractivity contribution in [3.8, 4) is 0 Å². The maximum Gasteiger partial charge on any atom is 0.254 e. The van der Waals surface area contributed by atoms with Crippen LogP contribution in [0.2, 0.25) is 0 Å². The lowest BCUT2D eigenvalue weighted by Crippen LogP contribution is -2.59. The summed E-state index contributed by atoms with van der Waals surface area (Å²) in [6, 6.07) is 5.07. The highest BCUT2D eigenvalue weighted by molar-refractivity contribution is 9.10. The van der Waals surface area contributed by atoms with Gasteiger partial charge in [-0.15, -0.1) is 0 Å². The number of carbonyl (C=O) groups excluding carboxylic acids is 2. The molecule has 6 heteroatoms. The highest BCUT2D eigenvalue weighted by atomic mass is 79.9. The number of likely N-dealkylation sites (N-methyl/N-ethyl adjacent to an activating group) is 1. The summed E-state index contributed by atoms with van der Waals surface area (Å²) in [6.45, 7) is 6.14. The predicted octanol–water partition coefficient (Wildman–Crippen LogP) is 1.31. The molecule has 0 spiro atoms. The van der Waals surface area contributed by atoms with E-state index in [-0.39, 0.29) is 11.8 Å². The van der Waals surface area contributed by atoms with Crippen LogP contribution in [-0.2, 0) is 4.79 Å². The summed E-state index contributed by atoms with van der Waals surface area (Å²) < 4.78 is 0.901. The first-order chi connectivity index (χ1) is 10.0. The van der Waals surface area contributed by atoms with Gasteiger partial charge in [0.05, 0.1) is 0 Å². The lowest BCUT2D eigenvalue weighted by Gasteiger charge is -2.35. The van der Waals surface area contributed by atoms with Crippen LogP contribution in [0.1, 0.15) is 22.8 Å². The van der Waals surface area contributed by atoms with E-state index in [0.29, 0.717) is 31.7 Å². The number of nitrogens with one attached hydrogen (secondary N) is 2. The van der Waals surface area contributed by atoms with Crippen LogP contribution in [-0.4, -0.2) is 48.9 Å². The van der Waals surface area contributed by atoms with E-state index in [0.717, 1.165) is 10.0 Å². The third-order valence-electron chi connectivity index (χ3n) is 3.58. The Morgan fingerprint density at radius 3 is 2.90 bits per heavy atom. The second kappa shape index (κ2) is 7.04. The zero-order valence-corrected chi connectivity index (χ0v) is 13.9. The second-order valence-electron chi connectivity index (χ2n) is 5.08. The smallest absolute Gasteiger partial charge is 0.254 e. The van der Waals surface area contributed by atoms with Gasteiger partial charge in [0.25, 0.3) is 5.91 Å². The van der Waals surface area contributed by atoms with Crippen LogP contribution < -0.4 is 10.6 Å². The standard InChI is InChI=1S/C15H20BrN3O2/c1-3-18-14(20)13-9-17-6-7-19(13)15(21)11-5-4-10(2)12(16)8-11/h4-5,8,13,17H,3,6-7,9H2,1-2H3,(H,18,20). The number of piperazine rings is 1. The molecule has 0 saturated carbocycles. The first-order valence-electron chi connectivity index (χ1n) is 7.10. The Hall–Kier alpha value is -1.40. The summed E-state index contributed by atoms with van der Waals surface area (Å²) in [5.74, 6) is -0.210. The van der Waals surface area contributed by atoms with Crippen molar-refractivity contribution >= 4 is 27.7 Å². The minimum Gasteiger partial charge on any atom is -0.355 e. The predicted molar refractivity (Wildman–Crippen MR) is 85.3 cm³/mol. The highest BCUT2D eigenvalue weighted by Gasteiger charge is 2.32. The van der Waals surface area contributed by atoms with Gasteiger partial charge in [-0.2, -0.15) is 0 Å². The number of rotatable bonds is 3. The molecular formula is C15H20BrN3O2. The summed E-state index contributed by atoms with van der Waals surface area (Å²) in [5.41, 5.74) is 1.68. The van der Waals surface area contributed by atoms with Crippen molar-refractivity contribution in [2.45, 2.75) is 19.9 Å². The van der Waals surface area contributed by atoms with E-state index in [2.05, 4.69) is 26.6 Å². The van der Waals surface area contributed by atoms with Gasteiger partial charge in [-0.3, -0.25) is 9.59 Å². The minimum absolute atomic E-state index is 0.103. The zero-order valence-electron chi connectivity index (χ0n) is 12.3. The van der Waals surface area contributed by atoms with Gasteiger partial charge < -0.3 is 15.5 Å². The van der Waals surface area contributed by atoms with Crippen LogP contribution in [0.4, 0.5) is 0 Å². The van der Waals surface area contributed by atoms with Crippen LogP contribution in [0.3, 0.4) is 0 Å². The van der Waals surface area contributed by atoms with Gasteiger partial charge in [0.2, 0.25) is 5.91 Å². The molecule has 1 aliphatic heterocycles. The molecule has 1 saturated heterocycles. The molecule has 2 amide bonds. The van der Waals surface area contributed by atoms with Crippen LogP contribution in [0.25, 0.3) is 0 Å². The zero-order chi connectivity index (χ0) is 15.4. The third kappa shape index (κ3) is 3.63. The quantitative estimate of drug-likeness (QED) is 0.861. The van der Waals surface area contributed by atoms with Gasteiger partial charge in [0, 0.05) is 36.2 Å². The van der Waals surface area contributed by atoms with E-state index in [9.17, 15) is 9.59 Å². The lowest BCUT2D eigenvalue weighted by molar-refractivity contribution is -0.126.